The number of carbonyl (C=O) groups is 1. The number of hydrogen-bond acceptors (Lipinski definition) is 5. The summed E-state index contributed by atoms with van der Waals surface area (Å²) in [4.78, 5) is 16.3. The molecule has 0 spiro atoms. The largest absolute Gasteiger partial charge is 0.435 e. The summed E-state index contributed by atoms with van der Waals surface area (Å²) in [7, 11) is 0. The summed E-state index contributed by atoms with van der Waals surface area (Å²) in [5.74, 6) is -0.486. The van der Waals surface area contributed by atoms with Gasteiger partial charge in [-0.25, -0.2) is 9.79 Å². The van der Waals surface area contributed by atoms with Crippen LogP contribution in [0.25, 0.3) is 6.08 Å². The molecular weight excluding hydrogens is 380 g/mol. The molecule has 1 aliphatic heterocycles. The summed E-state index contributed by atoms with van der Waals surface area (Å²) in [5, 5.41) is 4.29. The number of cyclic esters (lactones) is 1. The first-order chi connectivity index (χ1) is 14.1. The average Bonchev–Trinajstić information content (AvgIpc) is 3.29. The van der Waals surface area contributed by atoms with Gasteiger partial charge in [-0.1, -0.05) is 30.3 Å². The molecule has 8 heteroatoms. The molecule has 6 nitrogen and oxygen atoms in total. The Morgan fingerprint density at radius 1 is 1.10 bits per heavy atom. The molecule has 0 fully saturated rings. The Hall–Kier alpha value is -3.81. The Morgan fingerprint density at radius 3 is 2.59 bits per heavy atom. The van der Waals surface area contributed by atoms with E-state index in [0.29, 0.717) is 17.7 Å². The van der Waals surface area contributed by atoms with Crippen LogP contribution in [0.1, 0.15) is 16.7 Å². The molecule has 3 aromatic rings. The molecule has 146 valence electrons. The van der Waals surface area contributed by atoms with Crippen LogP contribution in [0.3, 0.4) is 0 Å². The van der Waals surface area contributed by atoms with Crippen molar-refractivity contribution in [3.63, 3.8) is 0 Å². The van der Waals surface area contributed by atoms with E-state index in [2.05, 4.69) is 14.8 Å². The minimum atomic E-state index is -2.90. The van der Waals surface area contributed by atoms with E-state index in [0.717, 1.165) is 5.56 Å². The van der Waals surface area contributed by atoms with Gasteiger partial charge in [-0.05, 0) is 35.9 Å². The number of esters is 1. The number of alkyl halides is 2. The molecule has 0 atom stereocenters. The number of rotatable bonds is 6. The number of hydrogen-bond donors (Lipinski definition) is 0. The summed E-state index contributed by atoms with van der Waals surface area (Å²) in [6, 6.07) is 15.6. The van der Waals surface area contributed by atoms with Gasteiger partial charge >= 0.3 is 12.6 Å². The molecule has 0 amide bonds. The topological polar surface area (TPSA) is 65.7 Å². The van der Waals surface area contributed by atoms with Gasteiger partial charge in [-0.15, -0.1) is 0 Å². The maximum atomic E-state index is 12.2. The van der Waals surface area contributed by atoms with Crippen LogP contribution in [-0.4, -0.2) is 28.3 Å². The fourth-order valence-electron chi connectivity index (χ4n) is 2.78. The molecule has 1 aliphatic rings. The lowest BCUT2D eigenvalue weighted by Crippen LogP contribution is -2.06. The number of aromatic nitrogens is 2. The van der Waals surface area contributed by atoms with Crippen molar-refractivity contribution in [2.75, 3.05) is 0 Å². The van der Waals surface area contributed by atoms with Gasteiger partial charge in [0.25, 0.3) is 0 Å². The first kappa shape index (κ1) is 18.5. The summed E-state index contributed by atoms with van der Waals surface area (Å²) < 4.78 is 35.7. The average molecular weight is 395 g/mol. The third-order valence-corrected chi connectivity index (χ3v) is 4.09. The van der Waals surface area contributed by atoms with Crippen molar-refractivity contribution in [3.8, 4) is 5.75 Å². The lowest BCUT2D eigenvalue weighted by atomic mass is 10.2. The summed E-state index contributed by atoms with van der Waals surface area (Å²) in [5.41, 5.74) is 2.42. The Kier molecular flexibility index (Phi) is 5.15. The predicted molar refractivity (Wildman–Crippen MR) is 101 cm³/mol. The van der Waals surface area contributed by atoms with Crippen LogP contribution in [-0.2, 0) is 16.1 Å². The summed E-state index contributed by atoms with van der Waals surface area (Å²) in [6.45, 7) is -2.30. The van der Waals surface area contributed by atoms with Gasteiger partial charge in [0.05, 0.1) is 12.7 Å². The Bertz CT molecular complexity index is 1070. The normalized spacial score (nSPS) is 14.9. The molecule has 1 aromatic heterocycles. The van der Waals surface area contributed by atoms with Crippen LogP contribution in [0, 0.1) is 0 Å². The number of halogens is 2. The summed E-state index contributed by atoms with van der Waals surface area (Å²) >= 11 is 0. The van der Waals surface area contributed by atoms with Gasteiger partial charge in [0, 0.05) is 17.3 Å². The van der Waals surface area contributed by atoms with Crippen molar-refractivity contribution in [1.82, 2.24) is 9.78 Å². The predicted octanol–water partition coefficient (Wildman–Crippen LogP) is 3.88. The van der Waals surface area contributed by atoms with Gasteiger partial charge in [0.2, 0.25) is 5.90 Å². The fraction of sp³-hybridized carbons (Fsp3) is 0.0952. The van der Waals surface area contributed by atoms with E-state index in [-0.39, 0.29) is 17.3 Å². The fourth-order valence-corrected chi connectivity index (χ4v) is 2.78. The molecule has 0 saturated heterocycles. The van der Waals surface area contributed by atoms with E-state index in [1.54, 1.807) is 23.2 Å². The Morgan fingerprint density at radius 2 is 1.86 bits per heavy atom. The number of ether oxygens (including phenoxy) is 2. The Balaban J connectivity index is 1.49. The lowest BCUT2D eigenvalue weighted by molar-refractivity contribution is -0.129. The van der Waals surface area contributed by atoms with Gasteiger partial charge in [0.1, 0.15) is 5.75 Å². The second-order valence-electron chi connectivity index (χ2n) is 6.20. The zero-order valence-corrected chi connectivity index (χ0v) is 15.0. The number of carbonyl (C=O) groups excluding carboxylic acids is 1. The lowest BCUT2D eigenvalue weighted by Gasteiger charge is -2.04. The molecular formula is C21H15F2N3O3. The maximum absolute atomic E-state index is 12.2. The quantitative estimate of drug-likeness (QED) is 0.469. The molecule has 4 rings (SSSR count). The van der Waals surface area contributed by atoms with Crippen molar-refractivity contribution < 1.29 is 23.0 Å². The number of aliphatic imine (C=N–C) groups is 1. The van der Waals surface area contributed by atoms with Crippen molar-refractivity contribution in [2.24, 2.45) is 4.99 Å². The highest BCUT2D eigenvalue weighted by atomic mass is 19.3. The highest BCUT2D eigenvalue weighted by Gasteiger charge is 2.24. The Labute approximate surface area is 164 Å². The molecule has 0 radical (unpaired) electrons. The van der Waals surface area contributed by atoms with E-state index in [1.807, 2.05) is 30.3 Å². The molecule has 0 unspecified atom stereocenters. The highest BCUT2D eigenvalue weighted by molar-refractivity contribution is 6.12. The summed E-state index contributed by atoms with van der Waals surface area (Å²) in [6.07, 6.45) is 5.02. The molecule has 0 aliphatic carbocycles. The second-order valence-corrected chi connectivity index (χ2v) is 6.20. The molecule has 0 N–H and O–H groups in total. The molecule has 0 bridgehead atoms. The van der Waals surface area contributed by atoms with Gasteiger partial charge < -0.3 is 9.47 Å². The first-order valence-electron chi connectivity index (χ1n) is 8.71. The number of benzene rings is 2. The van der Waals surface area contributed by atoms with Crippen LogP contribution in [0.2, 0.25) is 0 Å². The minimum Gasteiger partial charge on any atom is -0.435 e. The highest BCUT2D eigenvalue weighted by Crippen LogP contribution is 2.21. The third kappa shape index (κ3) is 4.55. The van der Waals surface area contributed by atoms with Gasteiger partial charge in [-0.3, -0.25) is 4.68 Å². The van der Waals surface area contributed by atoms with Crippen molar-refractivity contribution >= 4 is 17.9 Å². The van der Waals surface area contributed by atoms with Crippen molar-refractivity contribution in [1.29, 1.82) is 0 Å². The van der Waals surface area contributed by atoms with E-state index >= 15 is 0 Å². The monoisotopic (exact) mass is 395 g/mol. The van der Waals surface area contributed by atoms with Crippen LogP contribution in [0.15, 0.2) is 77.7 Å². The zero-order chi connectivity index (χ0) is 20.2. The third-order valence-electron chi connectivity index (χ3n) is 4.09. The first-order valence-corrected chi connectivity index (χ1v) is 8.71. The van der Waals surface area contributed by atoms with Gasteiger partial charge in [0.15, 0.2) is 5.70 Å². The molecule has 0 saturated carbocycles. The van der Waals surface area contributed by atoms with E-state index < -0.39 is 12.6 Å². The zero-order valence-electron chi connectivity index (χ0n) is 15.0. The minimum absolute atomic E-state index is 0.00951. The van der Waals surface area contributed by atoms with Gasteiger partial charge in [-0.2, -0.15) is 13.9 Å². The van der Waals surface area contributed by atoms with Crippen molar-refractivity contribution in [2.45, 2.75) is 13.2 Å². The van der Waals surface area contributed by atoms with Crippen molar-refractivity contribution in [3.05, 3.63) is 89.4 Å². The molecule has 2 aromatic carbocycles. The van der Waals surface area contributed by atoms with E-state index in [1.165, 1.54) is 24.3 Å². The smallest absolute Gasteiger partial charge is 0.387 e. The van der Waals surface area contributed by atoms with Crippen LogP contribution in [0.4, 0.5) is 8.78 Å². The number of nitrogens with zero attached hydrogens (tertiary/aromatic N) is 3. The molecule has 29 heavy (non-hydrogen) atoms. The van der Waals surface area contributed by atoms with E-state index in [9.17, 15) is 13.6 Å². The second kappa shape index (κ2) is 8.05. The molecule has 2 heterocycles. The standard InChI is InChI=1S/C21H15F2N3O3/c22-21(23)28-17-8-6-16(7-9-17)19-25-18(20(27)29-19)10-15-11-24-26(13-15)12-14-4-2-1-3-5-14/h1-11,13,21H,12H2/b18-10+. The SMILES string of the molecule is O=C1OC(c2ccc(OC(F)F)cc2)=N/C1=C/c1cnn(Cc2ccccc2)c1. The maximum Gasteiger partial charge on any atom is 0.387 e. The van der Waals surface area contributed by atoms with Crippen LogP contribution in [0.5, 0.6) is 5.75 Å². The van der Waals surface area contributed by atoms with Crippen LogP contribution >= 0.6 is 0 Å². The van der Waals surface area contributed by atoms with E-state index in [4.69, 9.17) is 4.74 Å². The van der Waals surface area contributed by atoms with Crippen LogP contribution < -0.4 is 4.74 Å².